The quantitative estimate of drug-likeness (QED) is 0.464. The maximum atomic E-state index is 12.0. The van der Waals surface area contributed by atoms with Crippen molar-refractivity contribution in [1.29, 1.82) is 0 Å². The number of para-hydroxylation sites is 3. The molecule has 0 bridgehead atoms. The van der Waals surface area contributed by atoms with Crippen LogP contribution >= 0.6 is 12.2 Å². The van der Waals surface area contributed by atoms with Crippen molar-refractivity contribution in [3.63, 3.8) is 0 Å². The number of carbonyl (C=O) groups is 1. The first kappa shape index (κ1) is 20.7. The van der Waals surface area contributed by atoms with E-state index in [0.29, 0.717) is 26.1 Å². The van der Waals surface area contributed by atoms with Gasteiger partial charge >= 0.3 is 0 Å². The monoisotopic (exact) mass is 386 g/mol. The average molecular weight is 387 g/mol. The second-order valence-electron chi connectivity index (χ2n) is 5.97. The molecule has 0 radical (unpaired) electrons. The van der Waals surface area contributed by atoms with E-state index in [1.807, 2.05) is 54.6 Å². The minimum atomic E-state index is -0.145. The third-order valence-electron chi connectivity index (χ3n) is 3.70. The Morgan fingerprint density at radius 1 is 0.963 bits per heavy atom. The summed E-state index contributed by atoms with van der Waals surface area (Å²) in [6.07, 6.45) is 3.00. The summed E-state index contributed by atoms with van der Waals surface area (Å²) in [5.74, 6) is 1.38. The van der Waals surface area contributed by atoms with Crippen LogP contribution in [0.15, 0.2) is 54.6 Å². The topological polar surface area (TPSA) is 59.6 Å². The maximum absolute atomic E-state index is 12.0. The zero-order chi connectivity index (χ0) is 19.3. The van der Waals surface area contributed by atoms with Gasteiger partial charge in [-0.05, 0) is 49.3 Å². The minimum Gasteiger partial charge on any atom is -0.494 e. The Labute approximate surface area is 166 Å². The molecular formula is C21H26N2O3S. The smallest absolute Gasteiger partial charge is 0.226 e. The van der Waals surface area contributed by atoms with E-state index in [2.05, 4.69) is 17.6 Å². The van der Waals surface area contributed by atoms with Crippen LogP contribution in [0, 0.1) is 0 Å². The lowest BCUT2D eigenvalue weighted by atomic mass is 10.3. The van der Waals surface area contributed by atoms with Crippen LogP contribution in [0.25, 0.3) is 0 Å². The number of hydrogen-bond donors (Lipinski definition) is 2. The molecule has 27 heavy (non-hydrogen) atoms. The number of carbonyl (C=O) groups excluding carboxylic acids is 1. The average Bonchev–Trinajstić information content (AvgIpc) is 2.67. The van der Waals surface area contributed by atoms with Crippen LogP contribution in [-0.2, 0) is 4.79 Å². The van der Waals surface area contributed by atoms with E-state index in [0.717, 1.165) is 30.0 Å². The normalized spacial score (nSPS) is 10.1. The fourth-order valence-corrected chi connectivity index (χ4v) is 2.53. The predicted molar refractivity (Wildman–Crippen MR) is 112 cm³/mol. The summed E-state index contributed by atoms with van der Waals surface area (Å²) < 4.78 is 11.3. The van der Waals surface area contributed by atoms with Crippen LogP contribution in [0.1, 0.15) is 32.6 Å². The van der Waals surface area contributed by atoms with Crippen molar-refractivity contribution in [3.8, 4) is 11.5 Å². The first-order valence-corrected chi connectivity index (χ1v) is 9.60. The van der Waals surface area contributed by atoms with E-state index in [1.54, 1.807) is 0 Å². The van der Waals surface area contributed by atoms with Crippen LogP contribution in [0.3, 0.4) is 0 Å². The van der Waals surface area contributed by atoms with Crippen molar-refractivity contribution in [1.82, 2.24) is 5.32 Å². The summed E-state index contributed by atoms with van der Waals surface area (Å²) >= 11 is 5.23. The molecule has 0 atom stereocenters. The van der Waals surface area contributed by atoms with Gasteiger partial charge in [-0.15, -0.1) is 0 Å². The molecule has 2 N–H and O–H groups in total. The van der Waals surface area contributed by atoms with Crippen LogP contribution in [0.5, 0.6) is 11.5 Å². The van der Waals surface area contributed by atoms with Gasteiger partial charge in [0.05, 0.1) is 18.9 Å². The van der Waals surface area contributed by atoms with E-state index in [1.165, 1.54) is 0 Å². The first-order valence-electron chi connectivity index (χ1n) is 9.19. The Balaban J connectivity index is 1.71. The van der Waals surface area contributed by atoms with Crippen LogP contribution in [0.4, 0.5) is 5.69 Å². The zero-order valence-corrected chi connectivity index (χ0v) is 16.4. The number of unbranched alkanes of at least 4 members (excludes halogenated alkanes) is 1. The molecule has 0 fully saturated rings. The third-order valence-corrected chi connectivity index (χ3v) is 3.91. The number of amides is 1. The number of benzene rings is 2. The fourth-order valence-electron chi connectivity index (χ4n) is 2.30. The van der Waals surface area contributed by atoms with Gasteiger partial charge in [-0.25, -0.2) is 0 Å². The number of anilines is 1. The van der Waals surface area contributed by atoms with E-state index in [9.17, 15) is 4.79 Å². The molecule has 0 saturated heterocycles. The van der Waals surface area contributed by atoms with Gasteiger partial charge in [0.1, 0.15) is 11.5 Å². The van der Waals surface area contributed by atoms with Gasteiger partial charge in [0, 0.05) is 6.42 Å². The van der Waals surface area contributed by atoms with Gasteiger partial charge < -0.3 is 20.1 Å². The summed E-state index contributed by atoms with van der Waals surface area (Å²) in [6, 6.07) is 17.1. The van der Waals surface area contributed by atoms with Crippen molar-refractivity contribution >= 4 is 28.9 Å². The zero-order valence-electron chi connectivity index (χ0n) is 15.6. The molecule has 0 spiro atoms. The number of ether oxygens (including phenoxy) is 2. The molecular weight excluding hydrogens is 360 g/mol. The Bertz CT molecular complexity index is 722. The molecule has 0 saturated carbocycles. The highest BCUT2D eigenvalue weighted by Crippen LogP contribution is 2.23. The largest absolute Gasteiger partial charge is 0.494 e. The molecule has 0 aliphatic rings. The van der Waals surface area contributed by atoms with E-state index in [4.69, 9.17) is 21.7 Å². The molecule has 6 heteroatoms. The van der Waals surface area contributed by atoms with E-state index >= 15 is 0 Å². The molecule has 5 nitrogen and oxygen atoms in total. The second kappa shape index (κ2) is 11.9. The number of nitrogens with one attached hydrogen (secondary N) is 2. The summed E-state index contributed by atoms with van der Waals surface area (Å²) in [4.78, 5) is 12.0. The Morgan fingerprint density at radius 3 is 2.44 bits per heavy atom. The lowest BCUT2D eigenvalue weighted by molar-refractivity contribution is -0.119. The number of rotatable bonds is 10. The molecule has 0 aliphatic heterocycles. The molecule has 0 aliphatic carbocycles. The Morgan fingerprint density at radius 2 is 1.67 bits per heavy atom. The van der Waals surface area contributed by atoms with Crippen LogP contribution in [0.2, 0.25) is 0 Å². The standard InChI is InChI=1S/C21H26N2O3S/c1-2-3-15-26-19-13-8-7-12-18(19)22-21(27)23-20(24)14-9-16-25-17-10-5-4-6-11-17/h4-8,10-13H,2-3,9,14-16H2,1H3,(H2,22,23,24,27). The van der Waals surface area contributed by atoms with Crippen molar-refractivity contribution in [2.45, 2.75) is 32.6 Å². The van der Waals surface area contributed by atoms with E-state index < -0.39 is 0 Å². The summed E-state index contributed by atoms with van der Waals surface area (Å²) in [7, 11) is 0. The van der Waals surface area contributed by atoms with E-state index in [-0.39, 0.29) is 11.0 Å². The van der Waals surface area contributed by atoms with Crippen molar-refractivity contribution in [3.05, 3.63) is 54.6 Å². The van der Waals surface area contributed by atoms with Gasteiger partial charge in [0.15, 0.2) is 5.11 Å². The number of thiocarbonyl (C=S) groups is 1. The molecule has 0 heterocycles. The summed E-state index contributed by atoms with van der Waals surface area (Å²) in [6.45, 7) is 3.24. The number of hydrogen-bond acceptors (Lipinski definition) is 4. The molecule has 2 rings (SSSR count). The third kappa shape index (κ3) is 8.09. The maximum Gasteiger partial charge on any atom is 0.226 e. The van der Waals surface area contributed by atoms with Gasteiger partial charge in [-0.3, -0.25) is 4.79 Å². The second-order valence-corrected chi connectivity index (χ2v) is 6.37. The lowest BCUT2D eigenvalue weighted by Crippen LogP contribution is -2.34. The SMILES string of the molecule is CCCCOc1ccccc1NC(=S)NC(=O)CCCOc1ccccc1. The first-order chi connectivity index (χ1) is 13.2. The van der Waals surface area contributed by atoms with Crippen molar-refractivity contribution in [2.24, 2.45) is 0 Å². The molecule has 1 amide bonds. The van der Waals surface area contributed by atoms with Crippen LogP contribution in [-0.4, -0.2) is 24.2 Å². The van der Waals surface area contributed by atoms with Crippen molar-refractivity contribution < 1.29 is 14.3 Å². The highest BCUT2D eigenvalue weighted by atomic mass is 32.1. The fraction of sp³-hybridized carbons (Fsp3) is 0.333. The van der Waals surface area contributed by atoms with Gasteiger partial charge in [-0.1, -0.05) is 43.7 Å². The van der Waals surface area contributed by atoms with Crippen LogP contribution < -0.4 is 20.1 Å². The van der Waals surface area contributed by atoms with Gasteiger partial charge in [0.25, 0.3) is 0 Å². The van der Waals surface area contributed by atoms with Gasteiger partial charge in [-0.2, -0.15) is 0 Å². The summed E-state index contributed by atoms with van der Waals surface area (Å²) in [5.41, 5.74) is 0.742. The lowest BCUT2D eigenvalue weighted by Gasteiger charge is -2.14. The molecule has 2 aromatic rings. The highest BCUT2D eigenvalue weighted by molar-refractivity contribution is 7.80. The molecule has 0 aromatic heterocycles. The Kier molecular flexibility index (Phi) is 9.13. The minimum absolute atomic E-state index is 0.145. The van der Waals surface area contributed by atoms with Crippen molar-refractivity contribution in [2.75, 3.05) is 18.5 Å². The molecule has 0 unspecified atom stereocenters. The summed E-state index contributed by atoms with van der Waals surface area (Å²) in [5, 5.41) is 5.98. The Hall–Kier alpha value is -2.60. The molecule has 144 valence electrons. The predicted octanol–water partition coefficient (Wildman–Crippen LogP) is 4.54. The highest BCUT2D eigenvalue weighted by Gasteiger charge is 2.08. The molecule has 2 aromatic carbocycles. The van der Waals surface area contributed by atoms with Gasteiger partial charge in [0.2, 0.25) is 5.91 Å².